The number of thiophene rings is 1. The molecule has 0 radical (unpaired) electrons. The summed E-state index contributed by atoms with van der Waals surface area (Å²) in [6, 6.07) is 22.1. The smallest absolute Gasteiger partial charge is 0.266 e. The molecule has 0 spiro atoms. The largest absolute Gasteiger partial charge is 0.376 e. The number of para-hydroxylation sites is 1. The molecule has 168 valence electrons. The van der Waals surface area contributed by atoms with Gasteiger partial charge in [0.1, 0.15) is 5.00 Å². The van der Waals surface area contributed by atoms with E-state index in [9.17, 15) is 4.79 Å². The van der Waals surface area contributed by atoms with Gasteiger partial charge in [-0.05, 0) is 43.3 Å². The van der Waals surface area contributed by atoms with E-state index in [1.165, 1.54) is 28.2 Å². The van der Waals surface area contributed by atoms with E-state index in [0.717, 1.165) is 46.2 Å². The first kappa shape index (κ1) is 21.8. The van der Waals surface area contributed by atoms with Crippen LogP contribution in [0.4, 0.5) is 10.7 Å². The second-order valence-electron chi connectivity index (χ2n) is 8.05. The fourth-order valence-corrected chi connectivity index (χ4v) is 5.62. The molecule has 0 aliphatic carbocycles. The van der Waals surface area contributed by atoms with Crippen molar-refractivity contribution in [1.29, 1.82) is 0 Å². The second-order valence-corrected chi connectivity index (χ2v) is 9.98. The van der Waals surface area contributed by atoms with Crippen molar-refractivity contribution < 1.29 is 9.53 Å². The molecule has 1 aliphatic rings. The number of hydrogen-bond acceptors (Lipinski definition) is 5. The molecule has 1 amide bonds. The summed E-state index contributed by atoms with van der Waals surface area (Å²) in [4.78, 5) is 19.5. The number of benzene rings is 2. The normalized spacial score (nSPS) is 16.3. The van der Waals surface area contributed by atoms with Gasteiger partial charge in [0.25, 0.3) is 5.91 Å². The molecule has 0 saturated carbocycles. The molecule has 1 fully saturated rings. The highest BCUT2D eigenvalue weighted by molar-refractivity contribution is 7.14. The van der Waals surface area contributed by atoms with Gasteiger partial charge < -0.3 is 14.6 Å². The van der Waals surface area contributed by atoms with Gasteiger partial charge in [0.15, 0.2) is 4.80 Å². The number of carbonyl (C=O) groups excluding carboxylic acids is 1. The van der Waals surface area contributed by atoms with E-state index in [0.29, 0.717) is 11.4 Å². The van der Waals surface area contributed by atoms with Crippen molar-refractivity contribution in [3.8, 4) is 11.3 Å². The minimum absolute atomic E-state index is 0.102. The Morgan fingerprint density at radius 1 is 1.12 bits per heavy atom. The predicted octanol–water partition coefficient (Wildman–Crippen LogP) is 6.25. The first-order valence-corrected chi connectivity index (χ1v) is 12.7. The third-order valence-corrected chi connectivity index (χ3v) is 7.46. The average molecular weight is 476 g/mol. The van der Waals surface area contributed by atoms with Crippen molar-refractivity contribution in [3.05, 3.63) is 87.4 Å². The molecule has 1 saturated heterocycles. The molecule has 0 bridgehead atoms. The standard InChI is InChI=1S/C26H25N3O2S2/c1-18-11-13-19(14-12-18)23-25(28-24(30)22-10-6-16-32-22)33-26(27-20-7-3-2-4-8-20)29(23)17-21-9-5-15-31-21/h2-4,6-8,10-14,16,21H,5,9,15,17H2,1H3,(H,28,30)/t21-/m1/s1. The maximum atomic E-state index is 13.0. The van der Waals surface area contributed by atoms with Crippen molar-refractivity contribution in [1.82, 2.24) is 4.57 Å². The third-order valence-electron chi connectivity index (χ3n) is 5.60. The van der Waals surface area contributed by atoms with Crippen molar-refractivity contribution in [2.24, 2.45) is 4.99 Å². The molecule has 0 unspecified atom stereocenters. The van der Waals surface area contributed by atoms with E-state index in [-0.39, 0.29) is 12.0 Å². The van der Waals surface area contributed by atoms with Crippen LogP contribution in [-0.4, -0.2) is 23.2 Å². The fraction of sp³-hybridized carbons (Fsp3) is 0.231. The molecular weight excluding hydrogens is 450 g/mol. The quantitative estimate of drug-likeness (QED) is 0.358. The highest BCUT2D eigenvalue weighted by Gasteiger charge is 2.23. The van der Waals surface area contributed by atoms with Gasteiger partial charge in [0.2, 0.25) is 0 Å². The monoisotopic (exact) mass is 475 g/mol. The Hall–Kier alpha value is -3.00. The van der Waals surface area contributed by atoms with E-state index < -0.39 is 0 Å². The average Bonchev–Trinajstić information content (AvgIpc) is 3.59. The molecule has 2 aromatic heterocycles. The van der Waals surface area contributed by atoms with Crippen molar-refractivity contribution in [2.45, 2.75) is 32.4 Å². The number of nitrogens with one attached hydrogen (secondary N) is 1. The van der Waals surface area contributed by atoms with Crippen LogP contribution in [0.2, 0.25) is 0 Å². The van der Waals surface area contributed by atoms with E-state index in [2.05, 4.69) is 41.1 Å². The number of ether oxygens (including phenoxy) is 1. The number of amides is 1. The van der Waals surface area contributed by atoms with Crippen LogP contribution in [0.1, 0.15) is 28.1 Å². The fourth-order valence-electron chi connectivity index (χ4n) is 3.93. The number of aromatic nitrogens is 1. The van der Waals surface area contributed by atoms with E-state index in [1.807, 2.05) is 47.8 Å². The van der Waals surface area contributed by atoms with Crippen molar-refractivity contribution in [2.75, 3.05) is 11.9 Å². The molecule has 2 aromatic carbocycles. The zero-order chi connectivity index (χ0) is 22.6. The zero-order valence-electron chi connectivity index (χ0n) is 18.4. The summed E-state index contributed by atoms with van der Waals surface area (Å²) >= 11 is 2.94. The molecule has 5 rings (SSSR count). The van der Waals surface area contributed by atoms with E-state index >= 15 is 0 Å². The van der Waals surface area contributed by atoms with Crippen LogP contribution in [0.3, 0.4) is 0 Å². The molecular formula is C26H25N3O2S2. The lowest BCUT2D eigenvalue weighted by Crippen LogP contribution is -2.24. The Morgan fingerprint density at radius 3 is 2.64 bits per heavy atom. The highest BCUT2D eigenvalue weighted by atomic mass is 32.1. The second kappa shape index (κ2) is 9.87. The van der Waals surface area contributed by atoms with Gasteiger partial charge >= 0.3 is 0 Å². The molecule has 4 aromatic rings. The highest BCUT2D eigenvalue weighted by Crippen LogP contribution is 2.33. The van der Waals surface area contributed by atoms with Crippen LogP contribution >= 0.6 is 22.7 Å². The number of nitrogens with zero attached hydrogens (tertiary/aromatic N) is 2. The van der Waals surface area contributed by atoms with Gasteiger partial charge in [0.05, 0.1) is 28.9 Å². The maximum absolute atomic E-state index is 13.0. The lowest BCUT2D eigenvalue weighted by atomic mass is 10.1. The topological polar surface area (TPSA) is 55.6 Å². The number of thiazole rings is 1. The van der Waals surface area contributed by atoms with Gasteiger partial charge in [-0.1, -0.05) is 65.4 Å². The summed E-state index contributed by atoms with van der Waals surface area (Å²) in [5, 5.41) is 5.88. The molecule has 1 N–H and O–H groups in total. The first-order valence-electron chi connectivity index (χ1n) is 11.0. The molecule has 7 heteroatoms. The molecule has 33 heavy (non-hydrogen) atoms. The maximum Gasteiger partial charge on any atom is 0.266 e. The minimum atomic E-state index is -0.102. The minimum Gasteiger partial charge on any atom is -0.376 e. The summed E-state index contributed by atoms with van der Waals surface area (Å²) in [6.45, 7) is 3.57. The molecule has 3 heterocycles. The van der Waals surface area contributed by atoms with Gasteiger partial charge in [-0.15, -0.1) is 11.3 Å². The first-order chi connectivity index (χ1) is 16.2. The van der Waals surface area contributed by atoms with Crippen molar-refractivity contribution >= 4 is 39.3 Å². The summed E-state index contributed by atoms with van der Waals surface area (Å²) < 4.78 is 8.19. The van der Waals surface area contributed by atoms with Crippen molar-refractivity contribution in [3.63, 3.8) is 0 Å². The van der Waals surface area contributed by atoms with Crippen LogP contribution in [0.25, 0.3) is 11.3 Å². The summed E-state index contributed by atoms with van der Waals surface area (Å²) in [5.41, 5.74) is 4.09. The Kier molecular flexibility index (Phi) is 6.53. The van der Waals surface area contributed by atoms with Crippen LogP contribution < -0.4 is 10.1 Å². The number of hydrogen-bond donors (Lipinski definition) is 1. The van der Waals surface area contributed by atoms with Gasteiger partial charge in [0, 0.05) is 12.2 Å². The van der Waals surface area contributed by atoms with Gasteiger partial charge in [-0.3, -0.25) is 4.79 Å². The lowest BCUT2D eigenvalue weighted by Gasteiger charge is -2.15. The molecule has 1 aliphatic heterocycles. The van der Waals surface area contributed by atoms with Crippen LogP contribution in [0.5, 0.6) is 0 Å². The van der Waals surface area contributed by atoms with Crippen LogP contribution in [-0.2, 0) is 11.3 Å². The zero-order valence-corrected chi connectivity index (χ0v) is 20.0. The number of aryl methyl sites for hydroxylation is 1. The number of rotatable bonds is 6. The molecule has 1 atom stereocenters. The van der Waals surface area contributed by atoms with Crippen LogP contribution in [0.15, 0.2) is 77.1 Å². The number of carbonyl (C=O) groups is 1. The summed E-state index contributed by atoms with van der Waals surface area (Å²) in [7, 11) is 0. The Balaban J connectivity index is 1.67. The van der Waals surface area contributed by atoms with E-state index in [4.69, 9.17) is 9.73 Å². The third kappa shape index (κ3) is 5.00. The summed E-state index contributed by atoms with van der Waals surface area (Å²) in [5.74, 6) is -0.102. The SMILES string of the molecule is Cc1ccc(-c2c(NC(=O)c3cccs3)sc(=Nc3ccccc3)n2C[C@H]2CCCO2)cc1. The van der Waals surface area contributed by atoms with Gasteiger partial charge in [-0.2, -0.15) is 0 Å². The Bertz CT molecular complexity index is 1280. The Labute approximate surface area is 201 Å². The van der Waals surface area contributed by atoms with Gasteiger partial charge in [-0.25, -0.2) is 4.99 Å². The van der Waals surface area contributed by atoms with E-state index in [1.54, 1.807) is 0 Å². The molecule has 5 nitrogen and oxygen atoms in total. The lowest BCUT2D eigenvalue weighted by molar-refractivity contribution is 0.0968. The number of anilines is 1. The Morgan fingerprint density at radius 2 is 1.94 bits per heavy atom. The summed E-state index contributed by atoms with van der Waals surface area (Å²) in [6.07, 6.45) is 2.24. The van der Waals surface area contributed by atoms with Crippen LogP contribution in [0, 0.1) is 6.92 Å². The predicted molar refractivity (Wildman–Crippen MR) is 135 cm³/mol.